The second-order valence-electron chi connectivity index (χ2n) is 8.33. The van der Waals surface area contributed by atoms with E-state index in [4.69, 9.17) is 15.0 Å². The van der Waals surface area contributed by atoms with Crippen molar-refractivity contribution < 1.29 is 20.0 Å². The molecule has 0 saturated carbocycles. The Balaban J connectivity index is 0.00000188. The van der Waals surface area contributed by atoms with Crippen molar-refractivity contribution in [1.29, 1.82) is 0 Å². The molecule has 1 aromatic heterocycles. The first-order valence-electron chi connectivity index (χ1n) is 12.2. The Morgan fingerprint density at radius 3 is 1.21 bits per heavy atom. The van der Waals surface area contributed by atoms with Gasteiger partial charge in [0.05, 0.1) is 11.4 Å². The van der Waals surface area contributed by atoms with Crippen LogP contribution in [-0.2, 0) is 32.9 Å². The van der Waals surface area contributed by atoms with Crippen LogP contribution in [0.4, 0.5) is 0 Å². The number of aliphatic imine (C=N–C) groups is 2. The molecule has 0 radical (unpaired) electrons. The van der Waals surface area contributed by atoms with E-state index in [1.54, 1.807) is 0 Å². The summed E-state index contributed by atoms with van der Waals surface area (Å²) in [6, 6.07) is 0. The molecule has 6 heteroatoms. The van der Waals surface area contributed by atoms with Crippen LogP contribution in [0.3, 0.4) is 0 Å². The second kappa shape index (κ2) is 14.0. The third-order valence-corrected chi connectivity index (χ3v) is 6.69. The number of aromatic nitrogens is 1. The van der Waals surface area contributed by atoms with Crippen molar-refractivity contribution in [2.75, 3.05) is 0 Å². The predicted octanol–water partition coefficient (Wildman–Crippen LogP) is 7.40. The summed E-state index contributed by atoms with van der Waals surface area (Å²) in [5.74, 6) is 0. The van der Waals surface area contributed by atoms with Crippen LogP contribution < -0.4 is 4.98 Å². The molecule has 0 aromatic carbocycles. The number of rotatable bonds is 8. The van der Waals surface area contributed by atoms with Gasteiger partial charge in [-0.05, 0) is 74.7 Å². The molecule has 1 aromatic rings. The van der Waals surface area contributed by atoms with Crippen LogP contribution >= 0.6 is 10.2 Å². The van der Waals surface area contributed by atoms with Crippen molar-refractivity contribution in [3.63, 3.8) is 0 Å². The maximum absolute atomic E-state index is 5.13. The first kappa shape index (κ1) is 30.4. The number of nitrogens with zero attached hydrogens (tertiary/aromatic N) is 3. The van der Waals surface area contributed by atoms with Gasteiger partial charge in [-0.15, -0.1) is 11.4 Å². The Kier molecular flexibility index (Phi) is 12.5. The largest absolute Gasteiger partial charge is 0.457 e. The zero-order valence-corrected chi connectivity index (χ0v) is 23.8. The minimum Gasteiger partial charge on any atom is -0.457 e. The molecule has 2 aliphatic heterocycles. The first-order chi connectivity index (χ1) is 15.9. The van der Waals surface area contributed by atoms with Gasteiger partial charge >= 0.3 is 24.8 Å². The predicted molar refractivity (Wildman–Crippen MR) is 147 cm³/mol. The fourth-order valence-corrected chi connectivity index (χ4v) is 5.20. The molecule has 34 heavy (non-hydrogen) atoms. The SMILES string of the molecule is CCC1=C(CC)C(C)=NC1=Cc1[n-]c(C=C2N=C(C)C(CC)=C2CC)c(CC)c1CC.[Cl][Ni].[OH3+]. The van der Waals surface area contributed by atoms with Gasteiger partial charge in [-0.25, -0.2) is 0 Å². The van der Waals surface area contributed by atoms with Crippen LogP contribution in [0.15, 0.2) is 43.7 Å². The van der Waals surface area contributed by atoms with Crippen LogP contribution in [0.2, 0.25) is 0 Å². The Labute approximate surface area is 218 Å². The van der Waals surface area contributed by atoms with Crippen molar-refractivity contribution in [3.8, 4) is 0 Å². The van der Waals surface area contributed by atoms with Crippen LogP contribution in [0.5, 0.6) is 0 Å². The number of hydrogen-bond acceptors (Lipinski definition) is 2. The Bertz CT molecular complexity index is 985. The smallest absolute Gasteiger partial charge is 0.457 e. The van der Waals surface area contributed by atoms with E-state index in [1.165, 1.54) is 33.4 Å². The van der Waals surface area contributed by atoms with Crippen LogP contribution in [0.25, 0.3) is 12.2 Å². The monoisotopic (exact) mass is 528 g/mol. The topological polar surface area (TPSA) is 71.8 Å². The van der Waals surface area contributed by atoms with E-state index in [0.717, 1.165) is 72.7 Å². The Hall–Kier alpha value is -1.68. The summed E-state index contributed by atoms with van der Waals surface area (Å²) in [6.07, 6.45) is 10.5. The van der Waals surface area contributed by atoms with Gasteiger partial charge in [0.25, 0.3) is 0 Å². The Morgan fingerprint density at radius 2 is 0.941 bits per heavy atom. The summed E-state index contributed by atoms with van der Waals surface area (Å²) in [4.78, 5) is 14.9. The average molecular weight is 530 g/mol. The molecule has 2 aliphatic rings. The molecule has 191 valence electrons. The number of allylic oxidation sites excluding steroid dienone is 4. The molecule has 0 atom stereocenters. The summed E-state index contributed by atoms with van der Waals surface area (Å²) in [7, 11) is 4.26. The van der Waals surface area contributed by atoms with E-state index >= 15 is 0 Å². The van der Waals surface area contributed by atoms with Crippen LogP contribution in [-0.4, -0.2) is 11.4 Å². The van der Waals surface area contributed by atoms with Gasteiger partial charge in [-0.2, -0.15) is 0 Å². The van der Waals surface area contributed by atoms with Gasteiger partial charge in [0.15, 0.2) is 0 Å². The third kappa shape index (κ3) is 5.93. The fraction of sp³-hybridized carbons (Fsp3) is 0.500. The van der Waals surface area contributed by atoms with Crippen molar-refractivity contribution in [2.24, 2.45) is 9.98 Å². The molecule has 0 aliphatic carbocycles. The summed E-state index contributed by atoms with van der Waals surface area (Å²) in [5.41, 5.74) is 14.9. The zero-order valence-electron chi connectivity index (χ0n) is 22.0. The van der Waals surface area contributed by atoms with Crippen molar-refractivity contribution in [3.05, 3.63) is 56.2 Å². The van der Waals surface area contributed by atoms with Gasteiger partial charge in [0.1, 0.15) is 0 Å². The average Bonchev–Trinajstić information content (AvgIpc) is 3.43. The molecule has 0 amide bonds. The standard InChI is InChI=1S/C28H38N3.ClH.Ni.H2O/c1-9-19-17(7)29-25(21(19)11-3)15-27-23(13-5)24(14-6)28(31-27)16-26-22(12-4)20(10-2)18(8)30-26;;;/h15-16H,9-14H2,1-8H3;1H;;1H2/q-1;;+1;. The van der Waals surface area contributed by atoms with Crippen molar-refractivity contribution >= 4 is 33.8 Å². The summed E-state index contributed by atoms with van der Waals surface area (Å²) in [6.45, 7) is 17.6. The van der Waals surface area contributed by atoms with Crippen molar-refractivity contribution in [2.45, 2.75) is 93.9 Å². The van der Waals surface area contributed by atoms with E-state index in [-0.39, 0.29) is 5.48 Å². The molecule has 4 nitrogen and oxygen atoms in total. The summed E-state index contributed by atoms with van der Waals surface area (Å²) in [5, 5.41) is 0. The second-order valence-corrected chi connectivity index (χ2v) is 8.33. The molecular weight excluding hydrogens is 488 g/mol. The minimum absolute atomic E-state index is 0. The Morgan fingerprint density at radius 1 is 0.618 bits per heavy atom. The van der Waals surface area contributed by atoms with E-state index in [0.29, 0.717) is 0 Å². The summed E-state index contributed by atoms with van der Waals surface area (Å²) < 4.78 is 0. The van der Waals surface area contributed by atoms with E-state index < -0.39 is 0 Å². The normalized spacial score (nSPS) is 17.9. The maximum atomic E-state index is 5.13. The van der Waals surface area contributed by atoms with Gasteiger partial charge in [0, 0.05) is 11.4 Å². The van der Waals surface area contributed by atoms with E-state index in [1.807, 2.05) is 0 Å². The third-order valence-electron chi connectivity index (χ3n) is 6.69. The van der Waals surface area contributed by atoms with Crippen LogP contribution in [0.1, 0.15) is 104 Å². The van der Waals surface area contributed by atoms with Gasteiger partial charge < -0.3 is 10.5 Å². The van der Waals surface area contributed by atoms with E-state index in [9.17, 15) is 0 Å². The minimum atomic E-state index is 0. The quantitative estimate of drug-likeness (QED) is 0.255. The maximum Gasteiger partial charge on any atom is -0.457 e. The molecule has 0 fully saturated rings. The molecule has 3 rings (SSSR count). The molecule has 0 bridgehead atoms. The molecule has 3 N–H and O–H groups in total. The summed E-state index contributed by atoms with van der Waals surface area (Å²) >= 11 is 3.35. The molecule has 3 heterocycles. The van der Waals surface area contributed by atoms with E-state index in [2.05, 4.69) is 92.3 Å². The first-order valence-corrected chi connectivity index (χ1v) is 13.6. The van der Waals surface area contributed by atoms with Crippen LogP contribution in [0, 0.1) is 0 Å². The molecule has 0 spiro atoms. The number of halogens is 1. The molecule has 0 saturated heterocycles. The van der Waals surface area contributed by atoms with Gasteiger partial charge in [-0.3, -0.25) is 9.98 Å². The fourth-order valence-electron chi connectivity index (χ4n) is 5.20. The van der Waals surface area contributed by atoms with Crippen molar-refractivity contribution in [1.82, 2.24) is 4.98 Å². The molecular formula is C28H41ClN3NiO. The number of hydrogen-bond donors (Lipinski definition) is 0. The zero-order chi connectivity index (χ0) is 24.7. The van der Waals surface area contributed by atoms with Gasteiger partial charge in [-0.1, -0.05) is 64.8 Å². The molecule has 0 unspecified atom stereocenters. The van der Waals surface area contributed by atoms with Gasteiger partial charge in [0.2, 0.25) is 0 Å².